The van der Waals surface area contributed by atoms with Crippen LogP contribution in [0.3, 0.4) is 0 Å². The van der Waals surface area contributed by atoms with Gasteiger partial charge in [0.05, 0.1) is 18.1 Å². The van der Waals surface area contributed by atoms with Crippen LogP contribution in [0.5, 0.6) is 5.75 Å². The zero-order valence-corrected chi connectivity index (χ0v) is 15.4. The van der Waals surface area contributed by atoms with Crippen molar-refractivity contribution in [1.29, 1.82) is 0 Å². The van der Waals surface area contributed by atoms with Gasteiger partial charge in [0, 0.05) is 10.6 Å². The smallest absolute Gasteiger partial charge is 0.293 e. The van der Waals surface area contributed by atoms with Crippen LogP contribution >= 0.6 is 23.4 Å². The Morgan fingerprint density at radius 1 is 1.23 bits per heavy atom. The molecule has 0 unspecified atom stereocenters. The molecule has 2 amide bonds. The lowest BCUT2D eigenvalue weighted by molar-refractivity contribution is -0.123. The van der Waals surface area contributed by atoms with Gasteiger partial charge in [-0.25, -0.2) is 4.39 Å². The predicted molar refractivity (Wildman–Crippen MR) is 101 cm³/mol. The third-order valence-electron chi connectivity index (χ3n) is 3.72. The van der Waals surface area contributed by atoms with Gasteiger partial charge in [0.1, 0.15) is 11.6 Å². The first-order valence-electron chi connectivity index (χ1n) is 7.90. The second-order valence-electron chi connectivity index (χ2n) is 5.47. The van der Waals surface area contributed by atoms with E-state index >= 15 is 0 Å². The molecular weight excluding hydrogens is 377 g/mol. The van der Waals surface area contributed by atoms with Crippen molar-refractivity contribution in [3.05, 3.63) is 69.3 Å². The molecule has 0 atom stereocenters. The molecule has 0 saturated carbocycles. The van der Waals surface area contributed by atoms with Crippen molar-refractivity contribution in [3.8, 4) is 5.75 Å². The Kier molecular flexibility index (Phi) is 5.64. The van der Waals surface area contributed by atoms with Crippen LogP contribution in [-0.2, 0) is 11.3 Å². The number of carbonyl (C=O) groups is 2. The minimum Gasteiger partial charge on any atom is -0.493 e. The Balaban J connectivity index is 1.85. The molecule has 1 saturated heterocycles. The summed E-state index contributed by atoms with van der Waals surface area (Å²) in [4.78, 5) is 26.3. The first kappa shape index (κ1) is 18.5. The number of imide groups is 1. The molecule has 4 nitrogen and oxygen atoms in total. The van der Waals surface area contributed by atoms with Crippen LogP contribution < -0.4 is 4.74 Å². The highest BCUT2D eigenvalue weighted by molar-refractivity contribution is 8.18. The summed E-state index contributed by atoms with van der Waals surface area (Å²) in [7, 11) is 0. The van der Waals surface area contributed by atoms with E-state index in [-0.39, 0.29) is 11.6 Å². The van der Waals surface area contributed by atoms with Gasteiger partial charge in [0.15, 0.2) is 0 Å². The van der Waals surface area contributed by atoms with Crippen LogP contribution in [0.25, 0.3) is 6.08 Å². The van der Waals surface area contributed by atoms with Crippen LogP contribution in [-0.4, -0.2) is 22.7 Å². The zero-order valence-electron chi connectivity index (χ0n) is 13.9. The van der Waals surface area contributed by atoms with Gasteiger partial charge in [-0.1, -0.05) is 35.9 Å². The first-order valence-corrected chi connectivity index (χ1v) is 9.10. The number of para-hydroxylation sites is 1. The quantitative estimate of drug-likeness (QED) is 0.664. The first-order chi connectivity index (χ1) is 12.5. The Labute approximate surface area is 159 Å². The fraction of sp³-hybridized carbons (Fsp3) is 0.158. The van der Waals surface area contributed by atoms with Crippen LogP contribution in [0.4, 0.5) is 9.18 Å². The number of rotatable bonds is 5. The third kappa shape index (κ3) is 3.92. The molecule has 2 aromatic rings. The summed E-state index contributed by atoms with van der Waals surface area (Å²) in [6, 6.07) is 11.2. The average Bonchev–Trinajstić information content (AvgIpc) is 2.86. The molecule has 7 heteroatoms. The summed E-state index contributed by atoms with van der Waals surface area (Å²) in [5.74, 6) is -0.240. The van der Waals surface area contributed by atoms with Crippen LogP contribution in [0.2, 0.25) is 5.02 Å². The maximum Gasteiger partial charge on any atom is 0.293 e. The molecule has 0 radical (unpaired) electrons. The molecule has 134 valence electrons. The number of thioether (sulfide) groups is 1. The van der Waals surface area contributed by atoms with Crippen molar-refractivity contribution in [2.24, 2.45) is 0 Å². The van der Waals surface area contributed by atoms with Crippen molar-refractivity contribution >= 4 is 40.6 Å². The average molecular weight is 392 g/mol. The van der Waals surface area contributed by atoms with Crippen molar-refractivity contribution < 1.29 is 18.7 Å². The summed E-state index contributed by atoms with van der Waals surface area (Å²) in [5, 5.41) is -0.217. The predicted octanol–water partition coefficient (Wildman–Crippen LogP) is 5.11. The van der Waals surface area contributed by atoms with Crippen molar-refractivity contribution in [2.75, 3.05) is 6.61 Å². The Morgan fingerprint density at radius 2 is 2.00 bits per heavy atom. The largest absolute Gasteiger partial charge is 0.493 e. The van der Waals surface area contributed by atoms with E-state index in [1.54, 1.807) is 12.1 Å². The molecule has 1 fully saturated rings. The summed E-state index contributed by atoms with van der Waals surface area (Å²) >= 11 is 6.86. The van der Waals surface area contributed by atoms with Crippen molar-refractivity contribution in [3.63, 3.8) is 0 Å². The summed E-state index contributed by atoms with van der Waals surface area (Å²) < 4.78 is 18.7. The van der Waals surface area contributed by atoms with E-state index < -0.39 is 17.0 Å². The minimum atomic E-state index is -0.472. The number of nitrogens with zero attached hydrogens (tertiary/aromatic N) is 1. The van der Waals surface area contributed by atoms with Crippen LogP contribution in [0, 0.1) is 5.82 Å². The van der Waals surface area contributed by atoms with Gasteiger partial charge in [0.2, 0.25) is 0 Å². The normalized spacial score (nSPS) is 15.8. The van der Waals surface area contributed by atoms with Gasteiger partial charge in [0.25, 0.3) is 11.1 Å². The molecule has 26 heavy (non-hydrogen) atoms. The molecule has 0 aromatic heterocycles. The molecule has 0 spiro atoms. The van der Waals surface area contributed by atoms with Gasteiger partial charge in [-0.05, 0) is 48.5 Å². The van der Waals surface area contributed by atoms with Gasteiger partial charge in [-0.2, -0.15) is 0 Å². The standard InChI is InChI=1S/C19H15ClFNO3S/c1-2-25-16-6-4-3-5-12(16)9-17-18(23)22(19(24)26-17)11-13-7-8-14(21)10-15(13)20/h3-10H,2,11H2,1H3/b17-9-. The summed E-state index contributed by atoms with van der Waals surface area (Å²) in [6.07, 6.45) is 1.64. The van der Waals surface area contributed by atoms with E-state index in [9.17, 15) is 14.0 Å². The van der Waals surface area contributed by atoms with Gasteiger partial charge >= 0.3 is 0 Å². The minimum absolute atomic E-state index is 0.00573. The molecule has 3 rings (SSSR count). The Bertz CT molecular complexity index is 900. The fourth-order valence-corrected chi connectivity index (χ4v) is 3.54. The maximum atomic E-state index is 13.2. The van der Waals surface area contributed by atoms with E-state index in [0.717, 1.165) is 28.3 Å². The number of hydrogen-bond donors (Lipinski definition) is 0. The molecule has 1 heterocycles. The fourth-order valence-electron chi connectivity index (χ4n) is 2.48. The lowest BCUT2D eigenvalue weighted by Gasteiger charge is -2.13. The molecular formula is C19H15ClFNO3S. The highest BCUT2D eigenvalue weighted by atomic mass is 35.5. The Hall–Kier alpha value is -2.31. The van der Waals surface area contributed by atoms with E-state index in [1.165, 1.54) is 12.1 Å². The van der Waals surface area contributed by atoms with E-state index in [1.807, 2.05) is 25.1 Å². The number of benzene rings is 2. The molecule has 0 N–H and O–H groups in total. The second-order valence-corrected chi connectivity index (χ2v) is 6.87. The van der Waals surface area contributed by atoms with Crippen LogP contribution in [0.15, 0.2) is 47.4 Å². The van der Waals surface area contributed by atoms with Gasteiger partial charge in [-0.15, -0.1) is 0 Å². The van der Waals surface area contributed by atoms with Crippen molar-refractivity contribution in [2.45, 2.75) is 13.5 Å². The summed E-state index contributed by atoms with van der Waals surface area (Å²) in [6.45, 7) is 2.36. The van der Waals surface area contributed by atoms with Gasteiger partial charge < -0.3 is 4.74 Å². The SMILES string of the molecule is CCOc1ccccc1/C=C1\SC(=O)N(Cc2ccc(F)cc2Cl)C1=O. The number of halogens is 2. The molecule has 1 aliphatic rings. The Morgan fingerprint density at radius 3 is 2.73 bits per heavy atom. The number of hydrogen-bond acceptors (Lipinski definition) is 4. The van der Waals surface area contributed by atoms with E-state index in [2.05, 4.69) is 0 Å². The lowest BCUT2D eigenvalue weighted by atomic mass is 10.1. The molecule has 1 aliphatic heterocycles. The number of amides is 2. The zero-order chi connectivity index (χ0) is 18.7. The third-order valence-corrected chi connectivity index (χ3v) is 4.98. The number of ether oxygens (including phenoxy) is 1. The highest BCUT2D eigenvalue weighted by Crippen LogP contribution is 2.35. The monoisotopic (exact) mass is 391 g/mol. The highest BCUT2D eigenvalue weighted by Gasteiger charge is 2.35. The molecule has 0 bridgehead atoms. The second kappa shape index (κ2) is 7.93. The topological polar surface area (TPSA) is 46.6 Å². The maximum absolute atomic E-state index is 13.2. The number of carbonyl (C=O) groups excluding carboxylic acids is 2. The van der Waals surface area contributed by atoms with E-state index in [0.29, 0.717) is 22.8 Å². The van der Waals surface area contributed by atoms with E-state index in [4.69, 9.17) is 16.3 Å². The van der Waals surface area contributed by atoms with Gasteiger partial charge in [-0.3, -0.25) is 14.5 Å². The summed E-state index contributed by atoms with van der Waals surface area (Å²) in [5.41, 5.74) is 1.23. The lowest BCUT2D eigenvalue weighted by Crippen LogP contribution is -2.27. The molecule has 2 aromatic carbocycles. The van der Waals surface area contributed by atoms with Crippen LogP contribution in [0.1, 0.15) is 18.1 Å². The van der Waals surface area contributed by atoms with Crippen molar-refractivity contribution in [1.82, 2.24) is 4.90 Å². The molecule has 0 aliphatic carbocycles.